The second-order valence-corrected chi connectivity index (χ2v) is 7.26. The number of methoxy groups -OCH3 is 1. The lowest BCUT2D eigenvalue weighted by molar-refractivity contribution is -0.140. The molecule has 0 aliphatic heterocycles. The lowest BCUT2D eigenvalue weighted by Crippen LogP contribution is -2.06. The molecule has 158 valence electrons. The van der Waals surface area contributed by atoms with Gasteiger partial charge in [0, 0.05) is 18.8 Å². The Bertz CT molecular complexity index is 1080. The Hall–Kier alpha value is -3.01. The van der Waals surface area contributed by atoms with Gasteiger partial charge in [-0.1, -0.05) is 6.07 Å². The topological polar surface area (TPSA) is 90.9 Å². The Labute approximate surface area is 175 Å². The zero-order valence-corrected chi connectivity index (χ0v) is 16.6. The third-order valence-electron chi connectivity index (χ3n) is 4.72. The fraction of sp³-hybridized carbons (Fsp3) is 0.316. The van der Waals surface area contributed by atoms with E-state index in [2.05, 4.69) is 20.3 Å². The van der Waals surface area contributed by atoms with Crippen molar-refractivity contribution in [3.8, 4) is 17.1 Å². The predicted octanol–water partition coefficient (Wildman–Crippen LogP) is 4.55. The van der Waals surface area contributed by atoms with E-state index in [0.29, 0.717) is 29.4 Å². The second-order valence-electron chi connectivity index (χ2n) is 6.92. The van der Waals surface area contributed by atoms with Crippen LogP contribution in [-0.2, 0) is 12.7 Å². The standard InChI is InChI=1S/C19H18ClF3N6O/c1-30-14-6-10(7-25-16-13(24)8-26-18(20)28-16)2-5-12(14)17-27-15(19(21,22)23)9-29(17)11-3-4-11/h2,5-6,8-9,11H,3-4,7,24H2,1H3,(H,25,26,28). The van der Waals surface area contributed by atoms with Gasteiger partial charge in [0.05, 0.1) is 24.6 Å². The molecule has 1 aliphatic rings. The average molecular weight is 439 g/mol. The van der Waals surface area contributed by atoms with Gasteiger partial charge in [-0.05, 0) is 42.1 Å². The van der Waals surface area contributed by atoms with E-state index >= 15 is 0 Å². The number of nitrogens with zero attached hydrogens (tertiary/aromatic N) is 4. The number of anilines is 2. The summed E-state index contributed by atoms with van der Waals surface area (Å²) in [7, 11) is 1.47. The molecular formula is C19H18ClF3N6O. The molecule has 3 N–H and O–H groups in total. The van der Waals surface area contributed by atoms with E-state index in [-0.39, 0.29) is 17.1 Å². The van der Waals surface area contributed by atoms with Crippen LogP contribution in [0.15, 0.2) is 30.6 Å². The van der Waals surface area contributed by atoms with Crippen molar-refractivity contribution >= 4 is 23.1 Å². The average Bonchev–Trinajstić information content (AvgIpc) is 3.45. The van der Waals surface area contributed by atoms with Crippen molar-refractivity contribution in [2.24, 2.45) is 0 Å². The fourth-order valence-electron chi connectivity index (χ4n) is 3.09. The molecule has 30 heavy (non-hydrogen) atoms. The highest BCUT2D eigenvalue weighted by atomic mass is 35.5. The van der Waals surface area contributed by atoms with Gasteiger partial charge in [-0.3, -0.25) is 0 Å². The van der Waals surface area contributed by atoms with Gasteiger partial charge in [-0.2, -0.15) is 18.2 Å². The molecule has 0 radical (unpaired) electrons. The molecule has 7 nitrogen and oxygen atoms in total. The quantitative estimate of drug-likeness (QED) is 0.549. The van der Waals surface area contributed by atoms with Gasteiger partial charge in [-0.15, -0.1) is 0 Å². The molecule has 2 aromatic heterocycles. The van der Waals surface area contributed by atoms with E-state index < -0.39 is 11.9 Å². The maximum atomic E-state index is 13.2. The molecule has 0 saturated heterocycles. The van der Waals surface area contributed by atoms with Crippen LogP contribution in [0.2, 0.25) is 5.28 Å². The van der Waals surface area contributed by atoms with E-state index in [1.165, 1.54) is 13.3 Å². The minimum absolute atomic E-state index is 0.0279. The van der Waals surface area contributed by atoms with Crippen molar-refractivity contribution < 1.29 is 17.9 Å². The molecule has 1 aliphatic carbocycles. The highest BCUT2D eigenvalue weighted by Gasteiger charge is 2.37. The first-order valence-corrected chi connectivity index (χ1v) is 9.49. The summed E-state index contributed by atoms with van der Waals surface area (Å²) < 4.78 is 46.7. The lowest BCUT2D eigenvalue weighted by Gasteiger charge is -2.13. The number of aromatic nitrogens is 4. The molecule has 11 heteroatoms. The molecule has 4 rings (SSSR count). The number of hydrogen-bond donors (Lipinski definition) is 2. The van der Waals surface area contributed by atoms with Crippen molar-refractivity contribution in [2.45, 2.75) is 31.6 Å². The largest absolute Gasteiger partial charge is 0.496 e. The molecule has 1 fully saturated rings. The molecule has 3 aromatic rings. The molecule has 1 saturated carbocycles. The highest BCUT2D eigenvalue weighted by molar-refractivity contribution is 6.28. The fourth-order valence-corrected chi connectivity index (χ4v) is 3.22. The van der Waals surface area contributed by atoms with Gasteiger partial charge in [0.2, 0.25) is 5.28 Å². The lowest BCUT2D eigenvalue weighted by atomic mass is 10.1. The number of benzene rings is 1. The van der Waals surface area contributed by atoms with E-state index in [4.69, 9.17) is 22.1 Å². The number of hydrogen-bond acceptors (Lipinski definition) is 6. The number of nitrogens with two attached hydrogens (primary N) is 1. The summed E-state index contributed by atoms with van der Waals surface area (Å²) in [6.45, 7) is 0.346. The predicted molar refractivity (Wildman–Crippen MR) is 106 cm³/mol. The summed E-state index contributed by atoms with van der Waals surface area (Å²) in [6.07, 6.45) is -0.382. The summed E-state index contributed by atoms with van der Waals surface area (Å²) >= 11 is 5.79. The number of rotatable bonds is 6. The van der Waals surface area contributed by atoms with Crippen LogP contribution in [0.1, 0.15) is 30.1 Å². The third-order valence-corrected chi connectivity index (χ3v) is 4.90. The monoisotopic (exact) mass is 438 g/mol. The second kappa shape index (κ2) is 7.67. The van der Waals surface area contributed by atoms with Crippen molar-refractivity contribution in [1.82, 2.24) is 19.5 Å². The van der Waals surface area contributed by atoms with E-state index in [1.54, 1.807) is 22.8 Å². The molecule has 0 bridgehead atoms. The zero-order chi connectivity index (χ0) is 21.5. The number of nitrogens with one attached hydrogen (secondary N) is 1. The first kappa shape index (κ1) is 20.3. The maximum Gasteiger partial charge on any atom is 0.434 e. The van der Waals surface area contributed by atoms with Crippen LogP contribution in [0.3, 0.4) is 0 Å². The highest BCUT2D eigenvalue weighted by Crippen LogP contribution is 2.42. The van der Waals surface area contributed by atoms with Crippen molar-refractivity contribution in [2.75, 3.05) is 18.2 Å². The van der Waals surface area contributed by atoms with Crippen LogP contribution in [0.25, 0.3) is 11.4 Å². The number of nitrogen functional groups attached to an aromatic ring is 1. The molecule has 0 spiro atoms. The summed E-state index contributed by atoms with van der Waals surface area (Å²) in [6, 6.07) is 5.25. The Kier molecular flexibility index (Phi) is 5.19. The maximum absolute atomic E-state index is 13.2. The number of halogens is 4. The van der Waals surface area contributed by atoms with Gasteiger partial charge in [-0.25, -0.2) is 9.97 Å². The van der Waals surface area contributed by atoms with E-state index in [9.17, 15) is 13.2 Å². The summed E-state index contributed by atoms with van der Waals surface area (Å²) in [5, 5.41) is 3.12. The minimum Gasteiger partial charge on any atom is -0.496 e. The summed E-state index contributed by atoms with van der Waals surface area (Å²) in [4.78, 5) is 11.7. The number of alkyl halides is 3. The Balaban J connectivity index is 1.63. The smallest absolute Gasteiger partial charge is 0.434 e. The van der Waals surface area contributed by atoms with Crippen molar-refractivity contribution in [3.63, 3.8) is 0 Å². The van der Waals surface area contributed by atoms with Crippen LogP contribution in [0.4, 0.5) is 24.7 Å². The number of imidazole rings is 1. The van der Waals surface area contributed by atoms with Gasteiger partial charge in [0.1, 0.15) is 11.6 Å². The Morgan fingerprint density at radius 3 is 2.73 bits per heavy atom. The van der Waals surface area contributed by atoms with E-state index in [0.717, 1.165) is 24.6 Å². The van der Waals surface area contributed by atoms with E-state index in [1.807, 2.05) is 0 Å². The molecule has 0 amide bonds. The Morgan fingerprint density at radius 1 is 1.30 bits per heavy atom. The van der Waals surface area contributed by atoms with Gasteiger partial charge in [0.15, 0.2) is 11.5 Å². The summed E-state index contributed by atoms with van der Waals surface area (Å²) in [5.41, 5.74) is 6.56. The van der Waals surface area contributed by atoms with Crippen molar-refractivity contribution in [3.05, 3.63) is 47.1 Å². The molecular weight excluding hydrogens is 421 g/mol. The normalized spacial score (nSPS) is 14.0. The first-order valence-electron chi connectivity index (χ1n) is 9.11. The first-order chi connectivity index (χ1) is 14.3. The van der Waals surface area contributed by atoms with Gasteiger partial charge < -0.3 is 20.4 Å². The van der Waals surface area contributed by atoms with Crippen LogP contribution in [0.5, 0.6) is 5.75 Å². The van der Waals surface area contributed by atoms with Crippen LogP contribution in [-0.4, -0.2) is 26.6 Å². The van der Waals surface area contributed by atoms with Gasteiger partial charge >= 0.3 is 6.18 Å². The molecule has 0 unspecified atom stereocenters. The molecule has 1 aromatic carbocycles. The zero-order valence-electron chi connectivity index (χ0n) is 15.9. The SMILES string of the molecule is COc1cc(CNc2nc(Cl)ncc2N)ccc1-c1nc(C(F)(F)F)cn1C1CC1. The Morgan fingerprint density at radius 2 is 2.07 bits per heavy atom. The molecule has 0 atom stereocenters. The van der Waals surface area contributed by atoms with Crippen LogP contribution < -0.4 is 15.8 Å². The third kappa shape index (κ3) is 4.13. The summed E-state index contributed by atoms with van der Waals surface area (Å²) in [5.74, 6) is 1.05. The van der Waals surface area contributed by atoms with Crippen LogP contribution >= 0.6 is 11.6 Å². The minimum atomic E-state index is -4.51. The number of ether oxygens (including phenoxy) is 1. The van der Waals surface area contributed by atoms with Crippen molar-refractivity contribution in [1.29, 1.82) is 0 Å². The van der Waals surface area contributed by atoms with Gasteiger partial charge in [0.25, 0.3) is 0 Å². The molecule has 2 heterocycles. The van der Waals surface area contributed by atoms with Crippen LogP contribution in [0, 0.1) is 0 Å².